The van der Waals surface area contributed by atoms with Crippen molar-refractivity contribution in [2.75, 3.05) is 0 Å². The van der Waals surface area contributed by atoms with Gasteiger partial charge in [0.2, 0.25) is 0 Å². The fraction of sp³-hybridized carbons (Fsp3) is 0.571. The van der Waals surface area contributed by atoms with Crippen molar-refractivity contribution in [3.63, 3.8) is 0 Å². The molecule has 5 heteroatoms. The van der Waals surface area contributed by atoms with Gasteiger partial charge in [-0.3, -0.25) is 0 Å². The lowest BCUT2D eigenvalue weighted by atomic mass is 9.54. The summed E-state index contributed by atoms with van der Waals surface area (Å²) in [6.07, 6.45) is 0.912. The molecule has 19 heavy (non-hydrogen) atoms. The minimum atomic E-state index is -2.79. The molecule has 1 aliphatic rings. The Morgan fingerprint density at radius 1 is 1.16 bits per heavy atom. The van der Waals surface area contributed by atoms with Gasteiger partial charge in [-0.25, -0.2) is 0 Å². The SMILES string of the molecule is CC1(C)CB(c2ccc(OC(F)F)cc2)OC1(C)C. The molecule has 104 valence electrons. The highest BCUT2D eigenvalue weighted by molar-refractivity contribution is 6.68. The topological polar surface area (TPSA) is 18.5 Å². The summed E-state index contributed by atoms with van der Waals surface area (Å²) in [5.41, 5.74) is 0.881. The number of ether oxygens (including phenoxy) is 1. The van der Waals surface area contributed by atoms with Crippen LogP contribution in [0.4, 0.5) is 8.78 Å². The Hall–Kier alpha value is -1.10. The number of halogens is 2. The van der Waals surface area contributed by atoms with Gasteiger partial charge in [0, 0.05) is 0 Å². The highest BCUT2D eigenvalue weighted by atomic mass is 19.3. The van der Waals surface area contributed by atoms with Crippen LogP contribution in [0.5, 0.6) is 5.75 Å². The van der Waals surface area contributed by atoms with E-state index in [0.29, 0.717) is 0 Å². The summed E-state index contributed by atoms with van der Waals surface area (Å²) in [4.78, 5) is 0. The van der Waals surface area contributed by atoms with E-state index >= 15 is 0 Å². The van der Waals surface area contributed by atoms with Gasteiger partial charge < -0.3 is 9.39 Å². The van der Waals surface area contributed by atoms with Crippen LogP contribution < -0.4 is 10.2 Å². The molecule has 1 fully saturated rings. The van der Waals surface area contributed by atoms with Crippen LogP contribution >= 0.6 is 0 Å². The quantitative estimate of drug-likeness (QED) is 0.783. The van der Waals surface area contributed by atoms with Crippen molar-refractivity contribution in [1.82, 2.24) is 0 Å². The van der Waals surface area contributed by atoms with E-state index in [2.05, 4.69) is 32.4 Å². The molecule has 0 aliphatic carbocycles. The predicted molar refractivity (Wildman–Crippen MR) is 72.2 cm³/mol. The highest BCUT2D eigenvalue weighted by Gasteiger charge is 2.49. The molecule has 0 aromatic heterocycles. The molecule has 0 bridgehead atoms. The van der Waals surface area contributed by atoms with Gasteiger partial charge in [0.15, 0.2) is 0 Å². The molecule has 0 amide bonds. The monoisotopic (exact) mass is 268 g/mol. The molecule has 0 unspecified atom stereocenters. The molecule has 0 saturated carbocycles. The zero-order chi connectivity index (χ0) is 14.3. The van der Waals surface area contributed by atoms with Gasteiger partial charge >= 0.3 is 13.5 Å². The first-order valence-electron chi connectivity index (χ1n) is 6.44. The van der Waals surface area contributed by atoms with Crippen molar-refractivity contribution in [3.05, 3.63) is 24.3 Å². The molecule has 1 aromatic carbocycles. The van der Waals surface area contributed by atoms with Gasteiger partial charge in [-0.15, -0.1) is 0 Å². The van der Waals surface area contributed by atoms with E-state index in [1.54, 1.807) is 24.3 Å². The van der Waals surface area contributed by atoms with Crippen LogP contribution in [0.2, 0.25) is 6.32 Å². The Kier molecular flexibility index (Phi) is 3.60. The minimum Gasteiger partial charge on any atom is -0.435 e. The molecule has 1 heterocycles. The molecule has 0 atom stereocenters. The molecule has 1 saturated heterocycles. The molecule has 2 rings (SSSR count). The molecule has 0 spiro atoms. The second-order valence-corrected chi connectivity index (χ2v) is 6.15. The summed E-state index contributed by atoms with van der Waals surface area (Å²) in [6.45, 7) is 5.75. The number of rotatable bonds is 3. The Morgan fingerprint density at radius 3 is 2.16 bits per heavy atom. The largest absolute Gasteiger partial charge is 0.435 e. The number of hydrogen-bond donors (Lipinski definition) is 0. The molecule has 0 radical (unpaired) electrons. The number of hydrogen-bond acceptors (Lipinski definition) is 2. The van der Waals surface area contributed by atoms with Crippen LogP contribution in [-0.2, 0) is 4.65 Å². The summed E-state index contributed by atoms with van der Waals surface area (Å²) < 4.78 is 34.6. The Bertz CT molecular complexity index is 427. The molecular formula is C14H19BF2O2. The molecule has 0 N–H and O–H groups in total. The van der Waals surface area contributed by atoms with E-state index in [1.807, 2.05) is 0 Å². The smallest absolute Gasteiger partial charge is 0.387 e. The van der Waals surface area contributed by atoms with Gasteiger partial charge in [-0.2, -0.15) is 8.78 Å². The maximum Gasteiger partial charge on any atom is 0.387 e. The van der Waals surface area contributed by atoms with E-state index in [9.17, 15) is 8.78 Å². The summed E-state index contributed by atoms with van der Waals surface area (Å²) in [5.74, 6) is 0.176. The summed E-state index contributed by atoms with van der Waals surface area (Å²) >= 11 is 0. The van der Waals surface area contributed by atoms with Gasteiger partial charge in [0.1, 0.15) is 5.75 Å². The summed E-state index contributed by atoms with van der Waals surface area (Å²) in [5, 5.41) is 0. The first-order valence-corrected chi connectivity index (χ1v) is 6.44. The molecule has 1 aromatic rings. The van der Waals surface area contributed by atoms with Gasteiger partial charge in [-0.05, 0) is 43.2 Å². The van der Waals surface area contributed by atoms with E-state index in [-0.39, 0.29) is 23.7 Å². The van der Waals surface area contributed by atoms with E-state index in [1.165, 1.54) is 0 Å². The Balaban J connectivity index is 2.12. The first kappa shape index (κ1) is 14.3. The fourth-order valence-corrected chi connectivity index (χ4v) is 2.32. The Morgan fingerprint density at radius 2 is 1.74 bits per heavy atom. The molecule has 2 nitrogen and oxygen atoms in total. The standard InChI is InChI=1S/C14H19BF2O2/c1-13(2)9-15(19-14(13,3)4)10-5-7-11(8-6-10)18-12(16)17/h5-8,12H,9H2,1-4H3. The van der Waals surface area contributed by atoms with Gasteiger partial charge in [0.05, 0.1) is 5.60 Å². The van der Waals surface area contributed by atoms with Gasteiger partial charge in [0.25, 0.3) is 0 Å². The third-order valence-corrected chi connectivity index (χ3v) is 4.24. The third-order valence-electron chi connectivity index (χ3n) is 4.24. The van der Waals surface area contributed by atoms with E-state index in [0.717, 1.165) is 11.8 Å². The van der Waals surface area contributed by atoms with Crippen LogP contribution in [0.1, 0.15) is 27.7 Å². The minimum absolute atomic E-state index is 0.00519. The van der Waals surface area contributed by atoms with Crippen LogP contribution in [0, 0.1) is 5.41 Å². The van der Waals surface area contributed by atoms with Crippen LogP contribution in [0.3, 0.4) is 0 Å². The zero-order valence-corrected chi connectivity index (χ0v) is 11.7. The number of benzene rings is 1. The van der Waals surface area contributed by atoms with Gasteiger partial charge in [-0.1, -0.05) is 26.0 Å². The number of alkyl halides is 2. The second kappa shape index (κ2) is 4.78. The van der Waals surface area contributed by atoms with Crippen LogP contribution in [0.15, 0.2) is 24.3 Å². The van der Waals surface area contributed by atoms with Crippen LogP contribution in [0.25, 0.3) is 0 Å². The lowest BCUT2D eigenvalue weighted by Crippen LogP contribution is -2.36. The van der Waals surface area contributed by atoms with Crippen molar-refractivity contribution < 1.29 is 18.2 Å². The van der Waals surface area contributed by atoms with Crippen molar-refractivity contribution in [1.29, 1.82) is 0 Å². The second-order valence-electron chi connectivity index (χ2n) is 6.15. The summed E-state index contributed by atoms with van der Waals surface area (Å²) in [6, 6.07) is 6.70. The third kappa shape index (κ3) is 2.91. The van der Waals surface area contributed by atoms with E-state index in [4.69, 9.17) is 4.65 Å². The summed E-state index contributed by atoms with van der Waals surface area (Å²) in [7, 11) is 0. The fourth-order valence-electron chi connectivity index (χ4n) is 2.32. The first-order chi connectivity index (χ1) is 8.71. The van der Waals surface area contributed by atoms with E-state index < -0.39 is 6.61 Å². The van der Waals surface area contributed by atoms with Crippen LogP contribution in [-0.4, -0.2) is 19.1 Å². The van der Waals surface area contributed by atoms with Crippen molar-refractivity contribution in [2.45, 2.75) is 46.2 Å². The lowest BCUT2D eigenvalue weighted by Gasteiger charge is -2.34. The Labute approximate surface area is 113 Å². The maximum absolute atomic E-state index is 12.1. The highest BCUT2D eigenvalue weighted by Crippen LogP contribution is 2.45. The molecule has 1 aliphatic heterocycles. The molecular weight excluding hydrogens is 249 g/mol. The van der Waals surface area contributed by atoms with Crippen molar-refractivity contribution in [3.8, 4) is 5.75 Å². The maximum atomic E-state index is 12.1. The average Bonchev–Trinajstić information content (AvgIpc) is 2.48. The van der Waals surface area contributed by atoms with Crippen molar-refractivity contribution >= 4 is 12.4 Å². The zero-order valence-electron chi connectivity index (χ0n) is 11.7. The normalized spacial score (nSPS) is 20.9. The van der Waals surface area contributed by atoms with Crippen molar-refractivity contribution in [2.24, 2.45) is 5.41 Å². The lowest BCUT2D eigenvalue weighted by molar-refractivity contribution is -0.0498. The average molecular weight is 268 g/mol. The predicted octanol–water partition coefficient (Wildman–Crippen LogP) is 3.32.